The first kappa shape index (κ1) is 13.0. The van der Waals surface area contributed by atoms with Crippen molar-refractivity contribution in [3.63, 3.8) is 0 Å². The van der Waals surface area contributed by atoms with Gasteiger partial charge < -0.3 is 14.2 Å². The Morgan fingerprint density at radius 2 is 2.00 bits per heavy atom. The van der Waals surface area contributed by atoms with Crippen molar-refractivity contribution in [3.05, 3.63) is 34.9 Å². The van der Waals surface area contributed by atoms with E-state index in [4.69, 9.17) is 14.2 Å². The molecule has 0 bridgehead atoms. The Balaban J connectivity index is 1.71. The highest BCUT2D eigenvalue weighted by Crippen LogP contribution is 2.54. The third kappa shape index (κ3) is 1.54. The number of hydrogen-bond donors (Lipinski definition) is 0. The van der Waals surface area contributed by atoms with E-state index in [0.717, 1.165) is 43.9 Å². The fourth-order valence-electron chi connectivity index (χ4n) is 4.84. The van der Waals surface area contributed by atoms with Crippen LogP contribution < -0.4 is 9.47 Å². The first-order chi connectivity index (χ1) is 10.8. The largest absolute Gasteiger partial charge is 0.454 e. The zero-order valence-corrected chi connectivity index (χ0v) is 12.9. The minimum Gasteiger partial charge on any atom is -0.454 e. The molecule has 0 saturated carbocycles. The average Bonchev–Trinajstić information content (AvgIpc) is 3.16. The lowest BCUT2D eigenvalue weighted by Gasteiger charge is -2.48. The summed E-state index contributed by atoms with van der Waals surface area (Å²) >= 11 is 0. The van der Waals surface area contributed by atoms with Crippen LogP contribution in [0.2, 0.25) is 0 Å². The van der Waals surface area contributed by atoms with Gasteiger partial charge in [-0.05, 0) is 48.1 Å². The van der Waals surface area contributed by atoms with Crippen molar-refractivity contribution < 1.29 is 14.2 Å². The fourth-order valence-corrected chi connectivity index (χ4v) is 4.84. The second kappa shape index (κ2) is 4.49. The number of fused-ring (bicyclic) bond motifs is 2. The molecule has 3 aliphatic heterocycles. The molecule has 2 atom stereocenters. The molecule has 1 spiro atoms. The van der Waals surface area contributed by atoms with Gasteiger partial charge in [-0.1, -0.05) is 6.08 Å². The Labute approximate surface area is 130 Å². The molecule has 1 saturated heterocycles. The molecule has 22 heavy (non-hydrogen) atoms. The first-order valence-electron chi connectivity index (χ1n) is 8.21. The highest BCUT2D eigenvalue weighted by Gasteiger charge is 2.52. The molecule has 0 N–H and O–H groups in total. The Hall–Kier alpha value is -1.52. The van der Waals surface area contributed by atoms with Gasteiger partial charge in [-0.2, -0.15) is 0 Å². The quantitative estimate of drug-likeness (QED) is 0.746. The van der Waals surface area contributed by atoms with Crippen LogP contribution in [0.25, 0.3) is 0 Å². The van der Waals surface area contributed by atoms with Crippen molar-refractivity contribution in [1.82, 2.24) is 4.90 Å². The molecular weight excluding hydrogens is 278 g/mol. The maximum atomic E-state index is 5.72. The molecule has 0 amide bonds. The number of ether oxygens (including phenoxy) is 3. The molecule has 1 fully saturated rings. The summed E-state index contributed by atoms with van der Waals surface area (Å²) in [6.45, 7) is 2.63. The van der Waals surface area contributed by atoms with Crippen molar-refractivity contribution in [1.29, 1.82) is 0 Å². The second-order valence-electron chi connectivity index (χ2n) is 6.74. The lowest BCUT2D eigenvalue weighted by Crippen LogP contribution is -2.50. The molecule has 0 radical (unpaired) electrons. The normalized spacial score (nSPS) is 32.2. The summed E-state index contributed by atoms with van der Waals surface area (Å²) < 4.78 is 17.0. The van der Waals surface area contributed by atoms with E-state index in [1.807, 2.05) is 7.11 Å². The van der Waals surface area contributed by atoms with Crippen molar-refractivity contribution in [2.24, 2.45) is 0 Å². The molecule has 4 aliphatic rings. The van der Waals surface area contributed by atoms with E-state index in [9.17, 15) is 0 Å². The zero-order valence-electron chi connectivity index (χ0n) is 12.9. The third-order valence-corrected chi connectivity index (χ3v) is 5.90. The highest BCUT2D eigenvalue weighted by molar-refractivity contribution is 5.56. The highest BCUT2D eigenvalue weighted by atomic mass is 16.7. The van der Waals surface area contributed by atoms with Crippen LogP contribution in [-0.2, 0) is 16.7 Å². The average molecular weight is 299 g/mol. The molecule has 3 heterocycles. The number of methoxy groups -OCH3 is 1. The van der Waals surface area contributed by atoms with Crippen LogP contribution in [0.3, 0.4) is 0 Å². The second-order valence-corrected chi connectivity index (χ2v) is 6.74. The van der Waals surface area contributed by atoms with Crippen molar-refractivity contribution >= 4 is 0 Å². The lowest BCUT2D eigenvalue weighted by molar-refractivity contribution is 0.0290. The Morgan fingerprint density at radius 1 is 1.18 bits per heavy atom. The molecule has 5 rings (SSSR count). The summed E-state index contributed by atoms with van der Waals surface area (Å²) in [4.78, 5) is 2.66. The minimum absolute atomic E-state index is 0.0352. The van der Waals surface area contributed by atoms with E-state index in [1.54, 1.807) is 5.57 Å². The molecular formula is C18H21NO3. The Morgan fingerprint density at radius 3 is 2.86 bits per heavy atom. The summed E-state index contributed by atoms with van der Waals surface area (Å²) in [5.74, 6) is 1.81. The summed E-state index contributed by atoms with van der Waals surface area (Å²) in [7, 11) is 1.84. The molecule has 0 unspecified atom stereocenters. The van der Waals surface area contributed by atoms with E-state index >= 15 is 0 Å². The van der Waals surface area contributed by atoms with E-state index in [-0.39, 0.29) is 5.54 Å². The van der Waals surface area contributed by atoms with Gasteiger partial charge >= 0.3 is 0 Å². The monoisotopic (exact) mass is 299 g/mol. The van der Waals surface area contributed by atoms with Crippen LogP contribution in [-0.4, -0.2) is 38.0 Å². The van der Waals surface area contributed by atoms with Crippen LogP contribution in [0.5, 0.6) is 11.5 Å². The standard InChI is InChI=1S/C18H21NO3/c1-20-14-3-2-13-5-7-19-6-4-12-8-16-17(22-11-21-16)9-15(12)18(13,19)10-14/h2,8-9,14H,3-7,10-11H2,1H3/t14-,18-/m0/s1. The summed E-state index contributed by atoms with van der Waals surface area (Å²) in [5.41, 5.74) is 4.46. The third-order valence-electron chi connectivity index (χ3n) is 5.90. The molecule has 1 aromatic rings. The summed E-state index contributed by atoms with van der Waals surface area (Å²) in [6, 6.07) is 4.44. The van der Waals surface area contributed by atoms with Crippen LogP contribution in [0.4, 0.5) is 0 Å². The van der Waals surface area contributed by atoms with E-state index < -0.39 is 0 Å². The predicted molar refractivity (Wildman–Crippen MR) is 82.3 cm³/mol. The van der Waals surface area contributed by atoms with Crippen molar-refractivity contribution in [2.75, 3.05) is 27.0 Å². The number of benzene rings is 1. The van der Waals surface area contributed by atoms with Gasteiger partial charge in [0.1, 0.15) is 0 Å². The van der Waals surface area contributed by atoms with Crippen LogP contribution in [0.15, 0.2) is 23.8 Å². The molecule has 1 aliphatic carbocycles. The smallest absolute Gasteiger partial charge is 0.231 e. The maximum Gasteiger partial charge on any atom is 0.231 e. The Kier molecular flexibility index (Phi) is 2.65. The molecule has 0 aromatic heterocycles. The van der Waals surface area contributed by atoms with Gasteiger partial charge in [0.15, 0.2) is 11.5 Å². The number of rotatable bonds is 1. The minimum atomic E-state index is 0.0352. The van der Waals surface area contributed by atoms with Gasteiger partial charge in [-0.25, -0.2) is 0 Å². The van der Waals surface area contributed by atoms with Crippen LogP contribution in [0.1, 0.15) is 30.4 Å². The topological polar surface area (TPSA) is 30.9 Å². The van der Waals surface area contributed by atoms with Gasteiger partial charge in [0.2, 0.25) is 6.79 Å². The van der Waals surface area contributed by atoms with E-state index in [2.05, 4.69) is 23.1 Å². The maximum absolute atomic E-state index is 5.72. The summed E-state index contributed by atoms with van der Waals surface area (Å²) in [5, 5.41) is 0. The van der Waals surface area contributed by atoms with E-state index in [1.165, 1.54) is 17.5 Å². The van der Waals surface area contributed by atoms with Gasteiger partial charge in [-0.3, -0.25) is 4.90 Å². The predicted octanol–water partition coefficient (Wildman–Crippen LogP) is 2.61. The lowest BCUT2D eigenvalue weighted by atomic mass is 9.71. The van der Waals surface area contributed by atoms with Crippen molar-refractivity contribution in [3.8, 4) is 11.5 Å². The molecule has 1 aromatic carbocycles. The SMILES string of the molecule is CO[C@H]1CC=C2CCN3CCc4cc5c(cc4[C@]23C1)OCO5. The molecule has 116 valence electrons. The fraction of sp³-hybridized carbons (Fsp3) is 0.556. The zero-order chi connectivity index (χ0) is 14.7. The van der Waals surface area contributed by atoms with Gasteiger partial charge in [0, 0.05) is 26.6 Å². The first-order valence-corrected chi connectivity index (χ1v) is 8.21. The van der Waals surface area contributed by atoms with E-state index in [0.29, 0.717) is 12.9 Å². The number of nitrogens with zero attached hydrogens (tertiary/aromatic N) is 1. The van der Waals surface area contributed by atoms with Gasteiger partial charge in [0.05, 0.1) is 11.6 Å². The van der Waals surface area contributed by atoms with Crippen LogP contribution >= 0.6 is 0 Å². The van der Waals surface area contributed by atoms with Crippen molar-refractivity contribution in [2.45, 2.75) is 37.3 Å². The number of hydrogen-bond acceptors (Lipinski definition) is 4. The molecule has 4 heteroatoms. The van der Waals surface area contributed by atoms with Gasteiger partial charge in [-0.15, -0.1) is 0 Å². The van der Waals surface area contributed by atoms with Gasteiger partial charge in [0.25, 0.3) is 0 Å². The van der Waals surface area contributed by atoms with Crippen LogP contribution in [0, 0.1) is 0 Å². The molecule has 4 nitrogen and oxygen atoms in total. The summed E-state index contributed by atoms with van der Waals surface area (Å²) in [6.07, 6.45) is 7.12. The Bertz CT molecular complexity index is 669.